The summed E-state index contributed by atoms with van der Waals surface area (Å²) >= 11 is 0. The summed E-state index contributed by atoms with van der Waals surface area (Å²) in [6.07, 6.45) is 5.14. The number of rotatable bonds is 2. The molecule has 3 rings (SSSR count). The molecule has 1 saturated carbocycles. The van der Waals surface area contributed by atoms with E-state index in [1.807, 2.05) is 6.07 Å². The molecule has 2 aromatic rings. The van der Waals surface area contributed by atoms with Crippen molar-refractivity contribution in [3.63, 3.8) is 0 Å². The topological polar surface area (TPSA) is 64.9 Å². The van der Waals surface area contributed by atoms with Crippen LogP contribution in [-0.2, 0) is 6.42 Å². The fraction of sp³-hybridized carbons (Fsp3) is 0.400. The third-order valence-corrected chi connectivity index (χ3v) is 2.54. The lowest BCUT2D eigenvalue weighted by atomic mass is 10.3. The molecule has 0 amide bonds. The van der Waals surface area contributed by atoms with E-state index in [9.17, 15) is 0 Å². The first-order chi connectivity index (χ1) is 6.83. The second kappa shape index (κ2) is 2.70. The molecule has 2 N–H and O–H groups in total. The largest absolute Gasteiger partial charge is 0.459 e. The molecule has 1 aliphatic rings. The Kier molecular flexibility index (Phi) is 1.50. The maximum Gasteiger partial charge on any atom is 0.194 e. The summed E-state index contributed by atoms with van der Waals surface area (Å²) < 4.78 is 5.17. The summed E-state index contributed by atoms with van der Waals surface area (Å²) in [5, 5.41) is 0. The van der Waals surface area contributed by atoms with Crippen LogP contribution in [0.4, 0.5) is 5.82 Å². The smallest absolute Gasteiger partial charge is 0.194 e. The Morgan fingerprint density at radius 3 is 3.07 bits per heavy atom. The molecule has 14 heavy (non-hydrogen) atoms. The summed E-state index contributed by atoms with van der Waals surface area (Å²) in [6.45, 7) is 0. The standard InChI is InChI=1S/C10H11N3O/c11-10-9-7(3-4-14-9)12-8(13-10)5-6-1-2-6/h3-4,6H,1-2,5H2,(H2,11,12,13). The van der Waals surface area contributed by atoms with Crippen molar-refractivity contribution in [1.29, 1.82) is 0 Å². The molecule has 0 radical (unpaired) electrons. The Hall–Kier alpha value is -1.58. The molecule has 0 unspecified atom stereocenters. The lowest BCUT2D eigenvalue weighted by Gasteiger charge is -1.99. The van der Waals surface area contributed by atoms with Crippen LogP contribution in [0.5, 0.6) is 0 Å². The normalized spacial score (nSPS) is 16.3. The van der Waals surface area contributed by atoms with Crippen molar-refractivity contribution in [1.82, 2.24) is 9.97 Å². The van der Waals surface area contributed by atoms with Crippen molar-refractivity contribution in [2.24, 2.45) is 5.92 Å². The van der Waals surface area contributed by atoms with Gasteiger partial charge in [0, 0.05) is 12.5 Å². The summed E-state index contributed by atoms with van der Waals surface area (Å²) in [5.41, 5.74) is 7.17. The van der Waals surface area contributed by atoms with Gasteiger partial charge in [0.05, 0.1) is 6.26 Å². The van der Waals surface area contributed by atoms with E-state index in [0.29, 0.717) is 11.4 Å². The fourth-order valence-electron chi connectivity index (χ4n) is 1.61. The minimum absolute atomic E-state index is 0.454. The zero-order chi connectivity index (χ0) is 9.54. The van der Waals surface area contributed by atoms with Gasteiger partial charge in [-0.05, 0) is 18.8 Å². The van der Waals surface area contributed by atoms with Crippen LogP contribution in [0.1, 0.15) is 18.7 Å². The molecule has 4 nitrogen and oxygen atoms in total. The van der Waals surface area contributed by atoms with Gasteiger partial charge in [0.1, 0.15) is 11.3 Å². The van der Waals surface area contributed by atoms with E-state index in [4.69, 9.17) is 10.2 Å². The lowest BCUT2D eigenvalue weighted by molar-refractivity contribution is 0.614. The summed E-state index contributed by atoms with van der Waals surface area (Å²) in [6, 6.07) is 1.82. The van der Waals surface area contributed by atoms with E-state index in [1.165, 1.54) is 12.8 Å². The van der Waals surface area contributed by atoms with Crippen LogP contribution in [0.15, 0.2) is 16.7 Å². The first-order valence-electron chi connectivity index (χ1n) is 4.82. The van der Waals surface area contributed by atoms with Gasteiger partial charge in [-0.15, -0.1) is 0 Å². The van der Waals surface area contributed by atoms with Gasteiger partial charge in [0.2, 0.25) is 0 Å². The van der Waals surface area contributed by atoms with Crippen molar-refractivity contribution in [2.45, 2.75) is 19.3 Å². The van der Waals surface area contributed by atoms with Gasteiger partial charge >= 0.3 is 0 Å². The lowest BCUT2D eigenvalue weighted by Crippen LogP contribution is -2.00. The molecular formula is C10H11N3O. The Bertz CT molecular complexity index is 473. The average molecular weight is 189 g/mol. The second-order valence-corrected chi connectivity index (χ2v) is 3.81. The van der Waals surface area contributed by atoms with Crippen LogP contribution in [0.2, 0.25) is 0 Å². The highest BCUT2D eigenvalue weighted by Crippen LogP contribution is 2.32. The molecule has 1 fully saturated rings. The molecule has 4 heteroatoms. The number of nitrogens with zero attached hydrogens (tertiary/aromatic N) is 2. The van der Waals surface area contributed by atoms with Crippen LogP contribution in [0.3, 0.4) is 0 Å². The number of nitrogen functional groups attached to an aromatic ring is 1. The van der Waals surface area contributed by atoms with Crippen molar-refractivity contribution in [3.8, 4) is 0 Å². The number of furan rings is 1. The van der Waals surface area contributed by atoms with E-state index in [1.54, 1.807) is 6.26 Å². The van der Waals surface area contributed by atoms with E-state index in [0.717, 1.165) is 23.7 Å². The van der Waals surface area contributed by atoms with Gasteiger partial charge in [-0.2, -0.15) is 0 Å². The third kappa shape index (κ3) is 1.23. The third-order valence-electron chi connectivity index (χ3n) is 2.54. The Morgan fingerprint density at radius 1 is 1.43 bits per heavy atom. The predicted octanol–water partition coefficient (Wildman–Crippen LogP) is 1.76. The first-order valence-corrected chi connectivity index (χ1v) is 4.82. The van der Waals surface area contributed by atoms with Crippen LogP contribution in [0, 0.1) is 5.92 Å². The molecule has 0 aromatic carbocycles. The number of fused-ring (bicyclic) bond motifs is 1. The molecule has 0 aliphatic heterocycles. The summed E-state index contributed by atoms with van der Waals surface area (Å²) in [7, 11) is 0. The van der Waals surface area contributed by atoms with Gasteiger partial charge in [0.15, 0.2) is 11.4 Å². The van der Waals surface area contributed by atoms with Crippen LogP contribution >= 0.6 is 0 Å². The SMILES string of the molecule is Nc1nc(CC2CC2)nc2ccoc12. The predicted molar refractivity (Wildman–Crippen MR) is 52.6 cm³/mol. The van der Waals surface area contributed by atoms with Crippen LogP contribution in [0.25, 0.3) is 11.1 Å². The van der Waals surface area contributed by atoms with E-state index in [2.05, 4.69) is 9.97 Å². The molecule has 0 bridgehead atoms. The van der Waals surface area contributed by atoms with Crippen molar-refractivity contribution in [2.75, 3.05) is 5.73 Å². The average Bonchev–Trinajstić information content (AvgIpc) is 2.82. The zero-order valence-electron chi connectivity index (χ0n) is 7.73. The van der Waals surface area contributed by atoms with Crippen LogP contribution in [-0.4, -0.2) is 9.97 Å². The molecule has 2 heterocycles. The Labute approximate surface area is 81.1 Å². The van der Waals surface area contributed by atoms with Crippen LogP contribution < -0.4 is 5.73 Å². The number of nitrogens with two attached hydrogens (primary N) is 1. The monoisotopic (exact) mass is 189 g/mol. The minimum atomic E-state index is 0.454. The number of hydrogen-bond acceptors (Lipinski definition) is 4. The van der Waals surface area contributed by atoms with Gasteiger partial charge in [-0.3, -0.25) is 0 Å². The number of anilines is 1. The molecule has 0 atom stereocenters. The van der Waals surface area contributed by atoms with Crippen molar-refractivity contribution < 1.29 is 4.42 Å². The van der Waals surface area contributed by atoms with Gasteiger partial charge < -0.3 is 10.2 Å². The highest BCUT2D eigenvalue weighted by atomic mass is 16.3. The summed E-state index contributed by atoms with van der Waals surface area (Å²) in [5.74, 6) is 2.08. The van der Waals surface area contributed by atoms with Crippen molar-refractivity contribution >= 4 is 16.9 Å². The zero-order valence-corrected chi connectivity index (χ0v) is 7.73. The molecule has 2 aromatic heterocycles. The molecule has 0 spiro atoms. The molecule has 1 aliphatic carbocycles. The fourth-order valence-corrected chi connectivity index (χ4v) is 1.61. The highest BCUT2D eigenvalue weighted by molar-refractivity contribution is 5.81. The second-order valence-electron chi connectivity index (χ2n) is 3.81. The quantitative estimate of drug-likeness (QED) is 0.781. The molecule has 72 valence electrons. The van der Waals surface area contributed by atoms with Gasteiger partial charge in [-0.1, -0.05) is 0 Å². The van der Waals surface area contributed by atoms with E-state index in [-0.39, 0.29) is 0 Å². The van der Waals surface area contributed by atoms with Gasteiger partial charge in [-0.25, -0.2) is 9.97 Å². The molecular weight excluding hydrogens is 178 g/mol. The Morgan fingerprint density at radius 2 is 2.29 bits per heavy atom. The Balaban J connectivity index is 2.06. The van der Waals surface area contributed by atoms with Crippen molar-refractivity contribution in [3.05, 3.63) is 18.2 Å². The maximum absolute atomic E-state index is 5.75. The molecule has 0 saturated heterocycles. The van der Waals surface area contributed by atoms with Gasteiger partial charge in [0.25, 0.3) is 0 Å². The van der Waals surface area contributed by atoms with E-state index < -0.39 is 0 Å². The number of hydrogen-bond donors (Lipinski definition) is 1. The summed E-state index contributed by atoms with van der Waals surface area (Å²) in [4.78, 5) is 8.62. The van der Waals surface area contributed by atoms with E-state index >= 15 is 0 Å². The maximum atomic E-state index is 5.75. The first kappa shape index (κ1) is 7.79. The number of aromatic nitrogens is 2. The minimum Gasteiger partial charge on any atom is -0.459 e. The highest BCUT2D eigenvalue weighted by Gasteiger charge is 2.23.